The lowest BCUT2D eigenvalue weighted by atomic mass is 9.77. The van der Waals surface area contributed by atoms with Crippen LogP contribution in [0.15, 0.2) is 18.5 Å². The number of alkyl halides is 6. The van der Waals surface area contributed by atoms with Gasteiger partial charge in [0.1, 0.15) is 0 Å². The molecule has 1 aromatic rings. The van der Waals surface area contributed by atoms with Gasteiger partial charge in [-0.1, -0.05) is 11.6 Å². The van der Waals surface area contributed by atoms with Crippen molar-refractivity contribution in [1.82, 2.24) is 15.2 Å². The second-order valence-electron chi connectivity index (χ2n) is 7.35. The maximum atomic E-state index is 11.4. The fourth-order valence-corrected chi connectivity index (χ4v) is 3.29. The summed E-state index contributed by atoms with van der Waals surface area (Å²) in [4.78, 5) is 35.7. The molecule has 3 heterocycles. The molecule has 3 N–H and O–H groups in total. The summed E-state index contributed by atoms with van der Waals surface area (Å²) in [5.74, 6) is -5.30. The van der Waals surface area contributed by atoms with Crippen LogP contribution in [0.25, 0.3) is 0 Å². The molecule has 2 fully saturated rings. The first kappa shape index (κ1) is 28.4. The van der Waals surface area contributed by atoms with E-state index in [1.54, 1.807) is 6.20 Å². The summed E-state index contributed by atoms with van der Waals surface area (Å²) in [6.45, 7) is 3.84. The largest absolute Gasteiger partial charge is 0.490 e. The van der Waals surface area contributed by atoms with Crippen LogP contribution in [0, 0.1) is 5.41 Å². The van der Waals surface area contributed by atoms with Crippen molar-refractivity contribution in [3.63, 3.8) is 0 Å². The number of hydrogen-bond acceptors (Lipinski definition) is 5. The van der Waals surface area contributed by atoms with Gasteiger partial charge in [0, 0.05) is 31.9 Å². The van der Waals surface area contributed by atoms with E-state index < -0.39 is 24.3 Å². The minimum atomic E-state index is -5.08. The summed E-state index contributed by atoms with van der Waals surface area (Å²) in [6.07, 6.45) is -3.73. The summed E-state index contributed by atoms with van der Waals surface area (Å²) < 4.78 is 63.5. The number of rotatable bonds is 2. The Balaban J connectivity index is 0.000000324. The molecule has 0 bridgehead atoms. The van der Waals surface area contributed by atoms with Gasteiger partial charge >= 0.3 is 24.3 Å². The van der Waals surface area contributed by atoms with Crippen molar-refractivity contribution in [1.29, 1.82) is 0 Å². The number of pyridine rings is 1. The van der Waals surface area contributed by atoms with Gasteiger partial charge in [-0.25, -0.2) is 9.59 Å². The third kappa shape index (κ3) is 10.2. The van der Waals surface area contributed by atoms with Crippen molar-refractivity contribution in [3.8, 4) is 0 Å². The number of carboxylic acid groups (broad SMARTS) is 2. The van der Waals surface area contributed by atoms with Crippen molar-refractivity contribution >= 4 is 29.4 Å². The molecule has 3 rings (SSSR count). The van der Waals surface area contributed by atoms with Crippen LogP contribution in [0.5, 0.6) is 0 Å². The van der Waals surface area contributed by atoms with Crippen molar-refractivity contribution in [3.05, 3.63) is 29.0 Å². The standard InChI is InChI=1S/C14H18ClN3O.2C2HF3O2/c15-12-5-11(7-16-8-12)9-18-3-1-14(2-4-18)6-13(19)17-10-14;2*3-2(4,5)1(6)7/h5,7-8H,1-4,6,9-10H2,(H,17,19);2*(H,6,7). The highest BCUT2D eigenvalue weighted by atomic mass is 35.5. The van der Waals surface area contributed by atoms with Crippen LogP contribution in [-0.4, -0.2) is 69.9 Å². The second-order valence-corrected chi connectivity index (χ2v) is 7.78. The highest BCUT2D eigenvalue weighted by molar-refractivity contribution is 6.30. The third-order valence-corrected chi connectivity index (χ3v) is 4.97. The molecule has 0 atom stereocenters. The van der Waals surface area contributed by atoms with E-state index in [1.807, 2.05) is 12.3 Å². The van der Waals surface area contributed by atoms with Gasteiger partial charge in [0.25, 0.3) is 0 Å². The first-order chi connectivity index (χ1) is 15.0. The zero-order valence-electron chi connectivity index (χ0n) is 16.8. The predicted octanol–water partition coefficient (Wildman–Crippen LogP) is 3.10. The first-order valence-electron chi connectivity index (χ1n) is 9.23. The third-order valence-electron chi connectivity index (χ3n) is 4.77. The molecule has 2 aliphatic heterocycles. The maximum absolute atomic E-state index is 11.4. The summed E-state index contributed by atoms with van der Waals surface area (Å²) in [6, 6.07) is 1.97. The number of carbonyl (C=O) groups is 3. The van der Waals surface area contributed by atoms with Gasteiger partial charge in [-0.15, -0.1) is 0 Å². The quantitative estimate of drug-likeness (QED) is 0.526. The number of piperidine rings is 1. The van der Waals surface area contributed by atoms with Crippen LogP contribution < -0.4 is 5.32 Å². The number of nitrogens with zero attached hydrogens (tertiary/aromatic N) is 2. The molecule has 33 heavy (non-hydrogen) atoms. The monoisotopic (exact) mass is 507 g/mol. The van der Waals surface area contributed by atoms with Gasteiger partial charge in [-0.05, 0) is 43.0 Å². The van der Waals surface area contributed by atoms with E-state index >= 15 is 0 Å². The summed E-state index contributed by atoms with van der Waals surface area (Å²) in [7, 11) is 0. The Hall–Kier alpha value is -2.61. The molecule has 0 radical (unpaired) electrons. The smallest absolute Gasteiger partial charge is 0.475 e. The number of likely N-dealkylation sites (tertiary alicyclic amines) is 1. The fourth-order valence-electron chi connectivity index (χ4n) is 3.09. The minimum Gasteiger partial charge on any atom is -0.475 e. The van der Waals surface area contributed by atoms with E-state index in [-0.39, 0.29) is 11.3 Å². The Bertz CT molecular complexity index is 818. The number of aliphatic carboxylic acids is 2. The van der Waals surface area contributed by atoms with Crippen LogP contribution in [0.4, 0.5) is 26.3 Å². The SMILES string of the molecule is O=C(O)C(F)(F)F.O=C(O)C(F)(F)F.O=C1CC2(CCN(Cc3cncc(Cl)c3)CC2)CN1. The van der Waals surface area contributed by atoms with Crippen LogP contribution in [0.3, 0.4) is 0 Å². The van der Waals surface area contributed by atoms with Crippen LogP contribution in [0.2, 0.25) is 5.02 Å². The molecular formula is C18H20ClF6N3O5. The van der Waals surface area contributed by atoms with Crippen molar-refractivity contribution < 1.29 is 50.9 Å². The van der Waals surface area contributed by atoms with Crippen LogP contribution >= 0.6 is 11.6 Å². The number of carboxylic acids is 2. The van der Waals surface area contributed by atoms with Gasteiger partial charge < -0.3 is 15.5 Å². The van der Waals surface area contributed by atoms with Gasteiger partial charge in [0.05, 0.1) is 5.02 Å². The molecule has 1 aromatic heterocycles. The maximum Gasteiger partial charge on any atom is 0.490 e. The molecule has 8 nitrogen and oxygen atoms in total. The highest BCUT2D eigenvalue weighted by Crippen LogP contribution is 2.37. The lowest BCUT2D eigenvalue weighted by molar-refractivity contribution is -0.193. The summed E-state index contributed by atoms with van der Waals surface area (Å²) in [5, 5.41) is 17.9. The van der Waals surface area contributed by atoms with Crippen LogP contribution in [-0.2, 0) is 20.9 Å². The van der Waals surface area contributed by atoms with Gasteiger partial charge in [0.2, 0.25) is 5.91 Å². The van der Waals surface area contributed by atoms with Gasteiger partial charge in [-0.2, -0.15) is 26.3 Å². The average molecular weight is 508 g/mol. The topological polar surface area (TPSA) is 120 Å². The Morgan fingerprint density at radius 3 is 1.91 bits per heavy atom. The van der Waals surface area contributed by atoms with Crippen LogP contribution in [0.1, 0.15) is 24.8 Å². The lowest BCUT2D eigenvalue weighted by Crippen LogP contribution is -2.40. The Morgan fingerprint density at radius 1 is 1.06 bits per heavy atom. The van der Waals surface area contributed by atoms with E-state index in [9.17, 15) is 31.1 Å². The Kier molecular flexibility index (Phi) is 9.90. The predicted molar refractivity (Wildman–Crippen MR) is 101 cm³/mol. The number of hydrogen-bond donors (Lipinski definition) is 3. The van der Waals surface area contributed by atoms with E-state index in [0.717, 1.165) is 44.6 Å². The Labute approximate surface area is 188 Å². The van der Waals surface area contributed by atoms with E-state index in [0.29, 0.717) is 11.4 Å². The summed E-state index contributed by atoms with van der Waals surface area (Å²) in [5.41, 5.74) is 1.38. The molecule has 0 aromatic carbocycles. The molecular weight excluding hydrogens is 488 g/mol. The number of halogens is 7. The number of nitrogens with one attached hydrogen (secondary N) is 1. The zero-order valence-corrected chi connectivity index (χ0v) is 17.6. The van der Waals surface area contributed by atoms with Crippen molar-refractivity contribution in [2.45, 2.75) is 38.2 Å². The normalized spacial score (nSPS) is 17.8. The first-order valence-corrected chi connectivity index (χ1v) is 9.61. The minimum absolute atomic E-state index is 0.215. The van der Waals surface area contributed by atoms with E-state index in [1.165, 1.54) is 0 Å². The number of aromatic nitrogens is 1. The van der Waals surface area contributed by atoms with E-state index in [4.69, 9.17) is 31.4 Å². The average Bonchev–Trinajstić information content (AvgIpc) is 3.04. The molecule has 2 saturated heterocycles. The van der Waals surface area contributed by atoms with Crippen molar-refractivity contribution in [2.75, 3.05) is 19.6 Å². The van der Waals surface area contributed by atoms with E-state index in [2.05, 4.69) is 15.2 Å². The lowest BCUT2D eigenvalue weighted by Gasteiger charge is -2.38. The molecule has 15 heteroatoms. The number of carbonyl (C=O) groups excluding carboxylic acids is 1. The highest BCUT2D eigenvalue weighted by Gasteiger charge is 2.41. The molecule has 0 aliphatic carbocycles. The second kappa shape index (κ2) is 11.5. The van der Waals surface area contributed by atoms with Gasteiger partial charge in [0.15, 0.2) is 0 Å². The Morgan fingerprint density at radius 2 is 1.55 bits per heavy atom. The van der Waals surface area contributed by atoms with Crippen molar-refractivity contribution in [2.24, 2.45) is 5.41 Å². The molecule has 0 saturated carbocycles. The molecule has 1 spiro atoms. The van der Waals surface area contributed by atoms with Gasteiger partial charge in [-0.3, -0.25) is 14.7 Å². The molecule has 186 valence electrons. The molecule has 2 aliphatic rings. The zero-order chi connectivity index (χ0) is 25.4. The fraction of sp³-hybridized carbons (Fsp3) is 0.556. The molecule has 0 unspecified atom stereocenters. The summed E-state index contributed by atoms with van der Waals surface area (Å²) >= 11 is 5.95. The number of amides is 1. The molecule has 1 amide bonds.